The first-order valence-electron chi connectivity index (χ1n) is 11.6. The van der Waals surface area contributed by atoms with E-state index in [4.69, 9.17) is 9.84 Å². The van der Waals surface area contributed by atoms with Crippen LogP contribution in [0.2, 0.25) is 0 Å². The molecule has 0 aromatic heterocycles. The molecule has 0 saturated carbocycles. The summed E-state index contributed by atoms with van der Waals surface area (Å²) in [4.78, 5) is 34.7. The molecular formula is C26H30F2N2O5. The quantitative estimate of drug-likeness (QED) is 0.430. The summed E-state index contributed by atoms with van der Waals surface area (Å²) >= 11 is 0. The van der Waals surface area contributed by atoms with E-state index < -0.39 is 36.4 Å². The summed E-state index contributed by atoms with van der Waals surface area (Å²) in [6, 6.07) is 15.9. The van der Waals surface area contributed by atoms with Gasteiger partial charge in [0.1, 0.15) is 6.61 Å². The van der Waals surface area contributed by atoms with Gasteiger partial charge in [-0.1, -0.05) is 61.9 Å². The molecule has 2 unspecified atom stereocenters. The second-order valence-electron chi connectivity index (χ2n) is 8.93. The van der Waals surface area contributed by atoms with Crippen molar-refractivity contribution in [2.45, 2.75) is 51.0 Å². The minimum atomic E-state index is -4.00. The van der Waals surface area contributed by atoms with E-state index in [-0.39, 0.29) is 18.6 Å². The molecule has 0 spiro atoms. The van der Waals surface area contributed by atoms with Gasteiger partial charge in [0.05, 0.1) is 6.54 Å². The molecule has 3 N–H and O–H groups in total. The highest BCUT2D eigenvalue weighted by molar-refractivity contribution is 5.81. The van der Waals surface area contributed by atoms with Gasteiger partial charge in [-0.3, -0.25) is 4.79 Å². The van der Waals surface area contributed by atoms with Crippen LogP contribution in [0.1, 0.15) is 50.2 Å². The second kappa shape index (κ2) is 11.3. The molecule has 0 bridgehead atoms. The fourth-order valence-corrected chi connectivity index (χ4v) is 4.22. The minimum Gasteiger partial charge on any atom is -0.477 e. The van der Waals surface area contributed by atoms with Gasteiger partial charge in [0.2, 0.25) is 5.91 Å². The van der Waals surface area contributed by atoms with Gasteiger partial charge < -0.3 is 20.5 Å². The summed E-state index contributed by atoms with van der Waals surface area (Å²) in [6.45, 7) is 2.37. The molecule has 2 aromatic carbocycles. The Labute approximate surface area is 202 Å². The van der Waals surface area contributed by atoms with E-state index in [1.165, 1.54) is 0 Å². The predicted molar refractivity (Wildman–Crippen MR) is 126 cm³/mol. The Morgan fingerprint density at radius 3 is 2.14 bits per heavy atom. The molecule has 0 heterocycles. The predicted octanol–water partition coefficient (Wildman–Crippen LogP) is 4.56. The zero-order valence-corrected chi connectivity index (χ0v) is 19.7. The number of fused-ring (bicyclic) bond motifs is 3. The molecule has 2 aromatic rings. The standard InChI is InChI=1S/C26H30F2N2O5/c1-16(23(31)29-15-26(27,28)24(32)33)8-7-9-17(2)30-25(34)35-14-22-20-12-5-3-10-18(20)19-11-4-6-13-21(19)22/h3-6,10-13,16-17,22H,7-9,14-15H2,1-2H3,(H,29,31)(H,30,34)(H,32,33). The highest BCUT2D eigenvalue weighted by Crippen LogP contribution is 2.44. The number of nitrogens with one attached hydrogen (secondary N) is 2. The van der Waals surface area contributed by atoms with Crippen LogP contribution in [0.15, 0.2) is 48.5 Å². The molecule has 0 saturated heterocycles. The van der Waals surface area contributed by atoms with Crippen LogP contribution in [0.5, 0.6) is 0 Å². The van der Waals surface area contributed by atoms with Crippen LogP contribution in [0, 0.1) is 5.92 Å². The average Bonchev–Trinajstić information content (AvgIpc) is 3.14. The van der Waals surface area contributed by atoms with Crippen LogP contribution >= 0.6 is 0 Å². The van der Waals surface area contributed by atoms with Crippen LogP contribution in [-0.4, -0.2) is 48.2 Å². The summed E-state index contributed by atoms with van der Waals surface area (Å²) < 4.78 is 31.7. The molecule has 2 amide bonds. The summed E-state index contributed by atoms with van der Waals surface area (Å²) in [6.07, 6.45) is 1.00. The van der Waals surface area contributed by atoms with Crippen LogP contribution < -0.4 is 10.6 Å². The maximum Gasteiger partial charge on any atom is 0.407 e. The van der Waals surface area contributed by atoms with Crippen molar-refractivity contribution in [1.82, 2.24) is 10.6 Å². The fourth-order valence-electron chi connectivity index (χ4n) is 4.22. The van der Waals surface area contributed by atoms with Gasteiger partial charge in [-0.15, -0.1) is 0 Å². The lowest BCUT2D eigenvalue weighted by Crippen LogP contribution is -2.43. The molecule has 3 rings (SSSR count). The molecular weight excluding hydrogens is 458 g/mol. The zero-order chi connectivity index (χ0) is 25.6. The molecule has 0 radical (unpaired) electrons. The third kappa shape index (κ3) is 6.55. The van der Waals surface area contributed by atoms with Crippen molar-refractivity contribution in [3.8, 4) is 11.1 Å². The average molecular weight is 489 g/mol. The normalized spacial score (nSPS) is 14.4. The van der Waals surface area contributed by atoms with Crippen molar-refractivity contribution in [2.24, 2.45) is 5.92 Å². The Bertz CT molecular complexity index is 1030. The molecule has 188 valence electrons. The number of ether oxygens (including phenoxy) is 1. The van der Waals surface area contributed by atoms with Crippen molar-refractivity contribution in [3.63, 3.8) is 0 Å². The van der Waals surface area contributed by atoms with Crippen molar-refractivity contribution in [2.75, 3.05) is 13.2 Å². The maximum absolute atomic E-state index is 13.1. The van der Waals surface area contributed by atoms with Gasteiger partial charge in [0.25, 0.3) is 0 Å². The molecule has 0 fully saturated rings. The van der Waals surface area contributed by atoms with Crippen molar-refractivity contribution < 1.29 is 33.0 Å². The summed E-state index contributed by atoms with van der Waals surface area (Å²) in [5.41, 5.74) is 4.55. The minimum absolute atomic E-state index is 0.0312. The molecule has 35 heavy (non-hydrogen) atoms. The third-order valence-corrected chi connectivity index (χ3v) is 6.23. The topological polar surface area (TPSA) is 105 Å². The molecule has 7 nitrogen and oxygen atoms in total. The van der Waals surface area contributed by atoms with E-state index in [0.717, 1.165) is 22.3 Å². The number of aliphatic carboxylic acids is 1. The maximum atomic E-state index is 13.1. The van der Waals surface area contributed by atoms with Gasteiger partial charge in [-0.2, -0.15) is 8.78 Å². The largest absolute Gasteiger partial charge is 0.477 e. The monoisotopic (exact) mass is 488 g/mol. The molecule has 1 aliphatic carbocycles. The first-order valence-corrected chi connectivity index (χ1v) is 11.6. The van der Waals surface area contributed by atoms with Crippen molar-refractivity contribution in [1.29, 1.82) is 0 Å². The number of alkyl carbamates (subject to hydrolysis) is 1. The van der Waals surface area contributed by atoms with Gasteiger partial charge in [0.15, 0.2) is 0 Å². The number of rotatable bonds is 11. The molecule has 1 aliphatic rings. The van der Waals surface area contributed by atoms with E-state index in [1.54, 1.807) is 6.92 Å². The van der Waals surface area contributed by atoms with Gasteiger partial charge >= 0.3 is 18.0 Å². The van der Waals surface area contributed by atoms with Crippen LogP contribution in [0.4, 0.5) is 13.6 Å². The lowest BCUT2D eigenvalue weighted by atomic mass is 9.98. The van der Waals surface area contributed by atoms with Gasteiger partial charge in [-0.25, -0.2) is 9.59 Å². The van der Waals surface area contributed by atoms with Crippen molar-refractivity contribution >= 4 is 18.0 Å². The van der Waals surface area contributed by atoms with E-state index in [1.807, 2.05) is 48.6 Å². The molecule has 9 heteroatoms. The highest BCUT2D eigenvalue weighted by Gasteiger charge is 2.39. The number of halogens is 2. The van der Waals surface area contributed by atoms with Crippen LogP contribution in [-0.2, 0) is 14.3 Å². The number of hydrogen-bond donors (Lipinski definition) is 3. The number of carbonyl (C=O) groups excluding carboxylic acids is 2. The Kier molecular flexibility index (Phi) is 8.43. The Morgan fingerprint density at radius 1 is 1.00 bits per heavy atom. The third-order valence-electron chi connectivity index (χ3n) is 6.23. The van der Waals surface area contributed by atoms with E-state index >= 15 is 0 Å². The Hall–Kier alpha value is -3.49. The lowest BCUT2D eigenvalue weighted by Gasteiger charge is -2.18. The lowest BCUT2D eigenvalue weighted by molar-refractivity contribution is -0.164. The number of carbonyl (C=O) groups is 3. The first kappa shape index (κ1) is 26.1. The first-order chi connectivity index (χ1) is 16.6. The Morgan fingerprint density at radius 2 is 1.57 bits per heavy atom. The number of alkyl halides is 2. The second-order valence-corrected chi connectivity index (χ2v) is 8.93. The van der Waals surface area contributed by atoms with E-state index in [9.17, 15) is 23.2 Å². The highest BCUT2D eigenvalue weighted by atomic mass is 19.3. The van der Waals surface area contributed by atoms with Gasteiger partial charge in [0, 0.05) is 17.9 Å². The summed E-state index contributed by atoms with van der Waals surface area (Å²) in [7, 11) is 0. The summed E-state index contributed by atoms with van der Waals surface area (Å²) in [5, 5.41) is 13.2. The number of carboxylic acids is 1. The van der Waals surface area contributed by atoms with E-state index in [2.05, 4.69) is 17.4 Å². The van der Waals surface area contributed by atoms with Crippen LogP contribution in [0.25, 0.3) is 11.1 Å². The number of amides is 2. The number of carboxylic acid groups (broad SMARTS) is 1. The number of hydrogen-bond acceptors (Lipinski definition) is 4. The zero-order valence-electron chi connectivity index (χ0n) is 19.7. The van der Waals surface area contributed by atoms with E-state index in [0.29, 0.717) is 19.3 Å². The fraction of sp³-hybridized carbons (Fsp3) is 0.423. The molecule has 2 atom stereocenters. The smallest absolute Gasteiger partial charge is 0.407 e. The Balaban J connectivity index is 1.40. The van der Waals surface area contributed by atoms with Gasteiger partial charge in [-0.05, 0) is 42.0 Å². The van der Waals surface area contributed by atoms with Crippen molar-refractivity contribution in [3.05, 3.63) is 59.7 Å². The number of benzene rings is 2. The summed E-state index contributed by atoms with van der Waals surface area (Å²) in [5.74, 6) is -7.52. The van der Waals surface area contributed by atoms with Crippen LogP contribution in [0.3, 0.4) is 0 Å². The SMILES string of the molecule is CC(CCCC(C)C(=O)NCC(F)(F)C(=O)O)NC(=O)OCC1c2ccccc2-c2ccccc21. The molecule has 0 aliphatic heterocycles.